The molecule has 0 spiro atoms. The van der Waals surface area contributed by atoms with E-state index < -0.39 is 5.91 Å². The van der Waals surface area contributed by atoms with Crippen molar-refractivity contribution >= 4 is 23.6 Å². The summed E-state index contributed by atoms with van der Waals surface area (Å²) in [5, 5.41) is 8.97. The van der Waals surface area contributed by atoms with Crippen molar-refractivity contribution in [2.75, 3.05) is 5.75 Å². The van der Waals surface area contributed by atoms with Crippen LogP contribution in [0.5, 0.6) is 0 Å². The van der Waals surface area contributed by atoms with Crippen LogP contribution >= 0.6 is 11.8 Å². The van der Waals surface area contributed by atoms with Gasteiger partial charge in [0.25, 0.3) is 0 Å². The molecule has 2 heterocycles. The van der Waals surface area contributed by atoms with Crippen LogP contribution in [0.1, 0.15) is 10.6 Å². The van der Waals surface area contributed by atoms with Gasteiger partial charge in [-0.3, -0.25) is 25.0 Å². The Morgan fingerprint density at radius 3 is 2.67 bits per heavy atom. The summed E-state index contributed by atoms with van der Waals surface area (Å²) in [5.74, 6) is -0.0396. The van der Waals surface area contributed by atoms with Crippen molar-refractivity contribution in [3.05, 3.63) is 67.1 Å². The molecule has 2 N–H and O–H groups in total. The minimum Gasteiger partial charge on any atom is -0.459 e. The average Bonchev–Trinajstić information content (AvgIpc) is 3.36. The molecule has 8 nitrogen and oxygen atoms in total. The first-order valence-electron chi connectivity index (χ1n) is 8.04. The summed E-state index contributed by atoms with van der Waals surface area (Å²) in [6, 6.07) is 12.7. The van der Waals surface area contributed by atoms with Gasteiger partial charge in [-0.15, -0.1) is 16.8 Å². The van der Waals surface area contributed by atoms with Crippen LogP contribution in [0.4, 0.5) is 0 Å². The summed E-state index contributed by atoms with van der Waals surface area (Å²) in [6.45, 7) is 4.27. The fourth-order valence-corrected chi connectivity index (χ4v) is 3.00. The number of hydrogen-bond acceptors (Lipinski definition) is 6. The number of amides is 2. The van der Waals surface area contributed by atoms with Crippen molar-refractivity contribution in [3.63, 3.8) is 0 Å². The second kappa shape index (κ2) is 8.86. The number of nitrogens with one attached hydrogen (secondary N) is 2. The van der Waals surface area contributed by atoms with Crippen molar-refractivity contribution in [3.8, 4) is 11.4 Å². The molecule has 9 heteroatoms. The predicted octanol–water partition coefficient (Wildman–Crippen LogP) is 2.28. The van der Waals surface area contributed by atoms with Crippen LogP contribution in [-0.4, -0.2) is 32.3 Å². The number of hydrogen-bond donors (Lipinski definition) is 2. The lowest BCUT2D eigenvalue weighted by Gasteiger charge is -2.08. The van der Waals surface area contributed by atoms with E-state index in [1.165, 1.54) is 24.1 Å². The van der Waals surface area contributed by atoms with Gasteiger partial charge in [0.15, 0.2) is 16.7 Å². The first-order valence-corrected chi connectivity index (χ1v) is 9.02. The number of rotatable bonds is 7. The number of carbonyl (C=O) groups excluding carboxylic acids is 2. The van der Waals surface area contributed by atoms with Gasteiger partial charge in [-0.1, -0.05) is 48.2 Å². The van der Waals surface area contributed by atoms with Gasteiger partial charge in [0.1, 0.15) is 0 Å². The van der Waals surface area contributed by atoms with Gasteiger partial charge in [-0.05, 0) is 12.1 Å². The summed E-state index contributed by atoms with van der Waals surface area (Å²) >= 11 is 1.21. The van der Waals surface area contributed by atoms with Crippen LogP contribution in [0.3, 0.4) is 0 Å². The minimum atomic E-state index is -0.528. The third-order valence-corrected chi connectivity index (χ3v) is 4.42. The molecule has 0 aliphatic rings. The molecule has 2 aromatic heterocycles. The Labute approximate surface area is 159 Å². The largest absolute Gasteiger partial charge is 0.459 e. The van der Waals surface area contributed by atoms with Crippen molar-refractivity contribution < 1.29 is 14.0 Å². The number of carbonyl (C=O) groups is 2. The first kappa shape index (κ1) is 18.5. The van der Waals surface area contributed by atoms with E-state index in [-0.39, 0.29) is 17.4 Å². The molecule has 0 atom stereocenters. The molecule has 27 heavy (non-hydrogen) atoms. The fraction of sp³-hybridized carbons (Fsp3) is 0.111. The normalized spacial score (nSPS) is 10.4. The van der Waals surface area contributed by atoms with Crippen molar-refractivity contribution in [2.45, 2.75) is 11.7 Å². The zero-order valence-electron chi connectivity index (χ0n) is 14.3. The molecular weight excluding hydrogens is 366 g/mol. The van der Waals surface area contributed by atoms with Gasteiger partial charge < -0.3 is 4.42 Å². The number of aromatic nitrogens is 3. The van der Waals surface area contributed by atoms with Crippen LogP contribution in [0.15, 0.2) is 71.0 Å². The van der Waals surface area contributed by atoms with E-state index in [2.05, 4.69) is 27.6 Å². The van der Waals surface area contributed by atoms with Crippen LogP contribution in [0.25, 0.3) is 11.4 Å². The Morgan fingerprint density at radius 2 is 1.96 bits per heavy atom. The number of hydrazine groups is 1. The highest BCUT2D eigenvalue weighted by Gasteiger charge is 2.15. The zero-order valence-corrected chi connectivity index (χ0v) is 15.1. The number of benzene rings is 1. The maximum Gasteiger partial charge on any atom is 0.305 e. The highest BCUT2D eigenvalue weighted by atomic mass is 32.2. The van der Waals surface area contributed by atoms with Crippen LogP contribution in [0, 0.1) is 0 Å². The molecule has 3 rings (SSSR count). The highest BCUT2D eigenvalue weighted by Crippen LogP contribution is 2.23. The van der Waals surface area contributed by atoms with Gasteiger partial charge >= 0.3 is 5.91 Å². The molecule has 0 unspecified atom stereocenters. The lowest BCUT2D eigenvalue weighted by Crippen LogP contribution is -2.42. The van der Waals surface area contributed by atoms with Gasteiger partial charge in [0.2, 0.25) is 5.91 Å². The molecular formula is C18H17N5O3S. The van der Waals surface area contributed by atoms with Gasteiger partial charge in [0.05, 0.1) is 12.0 Å². The maximum absolute atomic E-state index is 12.0. The SMILES string of the molecule is C=CCn1c(SCC(=O)NNC(=O)c2ccco2)nnc1-c1ccccc1. The molecule has 0 aliphatic heterocycles. The number of nitrogens with zero attached hydrogens (tertiary/aromatic N) is 3. The van der Waals surface area contributed by atoms with E-state index >= 15 is 0 Å². The van der Waals surface area contributed by atoms with Crippen molar-refractivity contribution in [2.24, 2.45) is 0 Å². The lowest BCUT2D eigenvalue weighted by molar-refractivity contribution is -0.119. The smallest absolute Gasteiger partial charge is 0.305 e. The second-order valence-electron chi connectivity index (χ2n) is 5.34. The fourth-order valence-electron chi connectivity index (χ4n) is 2.25. The Kier molecular flexibility index (Phi) is 6.06. The van der Waals surface area contributed by atoms with Gasteiger partial charge in [-0.25, -0.2) is 0 Å². The predicted molar refractivity (Wildman–Crippen MR) is 101 cm³/mol. The zero-order chi connectivity index (χ0) is 19.1. The molecule has 1 aromatic carbocycles. The van der Waals surface area contributed by atoms with Gasteiger partial charge in [-0.2, -0.15) is 0 Å². The molecule has 3 aromatic rings. The molecule has 0 saturated carbocycles. The van der Waals surface area contributed by atoms with Crippen LogP contribution in [0.2, 0.25) is 0 Å². The topological polar surface area (TPSA) is 102 Å². The highest BCUT2D eigenvalue weighted by molar-refractivity contribution is 7.99. The molecule has 0 radical (unpaired) electrons. The maximum atomic E-state index is 12.0. The summed E-state index contributed by atoms with van der Waals surface area (Å²) in [5.41, 5.74) is 5.55. The first-order chi connectivity index (χ1) is 13.2. The van der Waals surface area contributed by atoms with E-state index in [1.807, 2.05) is 34.9 Å². The summed E-state index contributed by atoms with van der Waals surface area (Å²) in [7, 11) is 0. The second-order valence-corrected chi connectivity index (χ2v) is 6.28. The molecule has 0 aliphatic carbocycles. The van der Waals surface area contributed by atoms with Crippen molar-refractivity contribution in [1.29, 1.82) is 0 Å². The average molecular weight is 383 g/mol. The van der Waals surface area contributed by atoms with E-state index in [1.54, 1.807) is 12.1 Å². The Morgan fingerprint density at radius 1 is 1.15 bits per heavy atom. The lowest BCUT2D eigenvalue weighted by atomic mass is 10.2. The third-order valence-electron chi connectivity index (χ3n) is 3.45. The molecule has 0 saturated heterocycles. The quantitative estimate of drug-likeness (QED) is 0.369. The minimum absolute atomic E-state index is 0.0580. The Hall–Kier alpha value is -3.33. The molecule has 0 bridgehead atoms. The van der Waals surface area contributed by atoms with Crippen molar-refractivity contribution in [1.82, 2.24) is 25.6 Å². The summed E-state index contributed by atoms with van der Waals surface area (Å²) in [6.07, 6.45) is 3.12. The van der Waals surface area contributed by atoms with Crippen LogP contribution < -0.4 is 10.9 Å². The Bertz CT molecular complexity index is 922. The van der Waals surface area contributed by atoms with E-state index in [0.29, 0.717) is 17.5 Å². The Balaban J connectivity index is 1.60. The van der Waals surface area contributed by atoms with E-state index in [0.717, 1.165) is 5.56 Å². The summed E-state index contributed by atoms with van der Waals surface area (Å²) < 4.78 is 6.82. The standard InChI is InChI=1S/C18H17N5O3S/c1-2-10-23-16(13-7-4-3-5-8-13)20-22-18(23)27-12-15(24)19-21-17(25)14-9-6-11-26-14/h2-9,11H,1,10,12H2,(H,19,24)(H,21,25). The molecule has 138 valence electrons. The monoisotopic (exact) mass is 383 g/mol. The third kappa shape index (κ3) is 4.64. The molecule has 2 amide bonds. The van der Waals surface area contributed by atoms with Gasteiger partial charge in [0, 0.05) is 12.1 Å². The van der Waals surface area contributed by atoms with E-state index in [9.17, 15) is 9.59 Å². The number of allylic oxidation sites excluding steroid dienone is 1. The number of thioether (sulfide) groups is 1. The summed E-state index contributed by atoms with van der Waals surface area (Å²) in [4.78, 5) is 23.7. The van der Waals surface area contributed by atoms with E-state index in [4.69, 9.17) is 4.42 Å². The molecule has 0 fully saturated rings. The van der Waals surface area contributed by atoms with Crippen LogP contribution in [-0.2, 0) is 11.3 Å². The number of furan rings is 1.